The van der Waals surface area contributed by atoms with Crippen LogP contribution < -0.4 is 10.1 Å². The van der Waals surface area contributed by atoms with Gasteiger partial charge in [0.05, 0.1) is 18.5 Å². The van der Waals surface area contributed by atoms with Gasteiger partial charge in [-0.1, -0.05) is 43.4 Å². The van der Waals surface area contributed by atoms with Crippen molar-refractivity contribution < 1.29 is 17.9 Å². The predicted molar refractivity (Wildman–Crippen MR) is 181 cm³/mol. The van der Waals surface area contributed by atoms with E-state index in [4.69, 9.17) is 21.3 Å². The summed E-state index contributed by atoms with van der Waals surface area (Å²) in [4.78, 5) is 22.2. The minimum atomic E-state index is -3.79. The lowest BCUT2D eigenvalue weighted by Crippen LogP contribution is -2.55. The van der Waals surface area contributed by atoms with Crippen LogP contribution in [0.1, 0.15) is 68.5 Å². The molecule has 14 heteroatoms. The van der Waals surface area contributed by atoms with Crippen molar-refractivity contribution in [3.63, 3.8) is 0 Å². The molecular formula is C32H44ClN7O4S2. The summed E-state index contributed by atoms with van der Waals surface area (Å²) in [5.41, 5.74) is 3.50. The van der Waals surface area contributed by atoms with E-state index in [1.807, 2.05) is 11.4 Å². The van der Waals surface area contributed by atoms with Crippen LogP contribution in [0.5, 0.6) is 5.75 Å². The van der Waals surface area contributed by atoms with Crippen LogP contribution in [-0.2, 0) is 17.1 Å². The highest BCUT2D eigenvalue weighted by Gasteiger charge is 2.38. The van der Waals surface area contributed by atoms with Crippen LogP contribution in [0.25, 0.3) is 11.3 Å². The van der Waals surface area contributed by atoms with Crippen LogP contribution in [0, 0.1) is 6.92 Å². The molecule has 1 aromatic carbocycles. The van der Waals surface area contributed by atoms with Gasteiger partial charge in [-0.2, -0.15) is 9.40 Å². The number of carbonyl (C=O) groups excluding carboxylic acids is 1. The zero-order chi connectivity index (χ0) is 32.4. The molecule has 2 aliphatic heterocycles. The second-order valence-electron chi connectivity index (χ2n) is 12.6. The van der Waals surface area contributed by atoms with Crippen molar-refractivity contribution in [3.05, 3.63) is 40.0 Å². The summed E-state index contributed by atoms with van der Waals surface area (Å²) in [6, 6.07) is 6.09. The van der Waals surface area contributed by atoms with Crippen molar-refractivity contribution >= 4 is 44.1 Å². The molecule has 3 fully saturated rings. The summed E-state index contributed by atoms with van der Waals surface area (Å²) in [6.07, 6.45) is 8.88. The number of hydrogen-bond acceptors (Lipinski definition) is 8. The van der Waals surface area contributed by atoms with E-state index >= 15 is 0 Å². The highest BCUT2D eigenvalue weighted by Crippen LogP contribution is 2.39. The normalized spacial score (nSPS) is 20.6. The SMILES string of the molecule is COc1ccc(C2CCCCC2)cc1-c1csc(NC(=O)N2CCN(CC3CCCCN3S(=O)(=O)c3c(C)nn(C)c3Cl)CC2)n1. The molecule has 0 spiro atoms. The lowest BCUT2D eigenvalue weighted by Gasteiger charge is -2.40. The number of nitrogens with one attached hydrogen (secondary N) is 1. The van der Waals surface area contributed by atoms with E-state index in [1.165, 1.54) is 53.7 Å². The first-order valence-electron chi connectivity index (χ1n) is 16.3. The third-order valence-corrected chi connectivity index (χ3v) is 13.1. The Morgan fingerprint density at radius 3 is 2.50 bits per heavy atom. The zero-order valence-corrected chi connectivity index (χ0v) is 29.3. The van der Waals surface area contributed by atoms with Gasteiger partial charge >= 0.3 is 6.03 Å². The van der Waals surface area contributed by atoms with Gasteiger partial charge in [-0.15, -0.1) is 11.3 Å². The first kappa shape index (κ1) is 33.2. The number of halogens is 1. The number of ether oxygens (including phenoxy) is 1. The van der Waals surface area contributed by atoms with E-state index < -0.39 is 10.0 Å². The quantitative estimate of drug-likeness (QED) is 0.311. The molecule has 2 saturated heterocycles. The predicted octanol–water partition coefficient (Wildman–Crippen LogP) is 5.95. The molecule has 0 radical (unpaired) electrons. The van der Waals surface area contributed by atoms with E-state index in [2.05, 4.69) is 27.4 Å². The number of piperazine rings is 1. The number of sulfonamides is 1. The zero-order valence-electron chi connectivity index (χ0n) is 26.9. The van der Waals surface area contributed by atoms with Gasteiger partial charge < -0.3 is 9.64 Å². The monoisotopic (exact) mass is 689 g/mol. The number of thiazole rings is 1. The molecule has 11 nitrogen and oxygen atoms in total. The van der Waals surface area contributed by atoms with E-state index in [0.29, 0.717) is 56.0 Å². The van der Waals surface area contributed by atoms with Crippen molar-refractivity contribution in [1.29, 1.82) is 0 Å². The minimum absolute atomic E-state index is 0.103. The van der Waals surface area contributed by atoms with E-state index in [1.54, 1.807) is 30.3 Å². The number of anilines is 1. The summed E-state index contributed by atoms with van der Waals surface area (Å²) >= 11 is 7.79. The summed E-state index contributed by atoms with van der Waals surface area (Å²) in [7, 11) is -0.461. The molecular weight excluding hydrogens is 646 g/mol. The molecule has 3 aromatic rings. The van der Waals surface area contributed by atoms with Gasteiger partial charge in [0.1, 0.15) is 15.8 Å². The summed E-state index contributed by atoms with van der Waals surface area (Å²) < 4.78 is 36.1. The molecule has 46 heavy (non-hydrogen) atoms. The maximum Gasteiger partial charge on any atom is 0.323 e. The van der Waals surface area contributed by atoms with E-state index in [9.17, 15) is 13.2 Å². The number of carbonyl (C=O) groups is 1. The van der Waals surface area contributed by atoms with Gasteiger partial charge in [-0.05, 0) is 56.2 Å². The fraction of sp³-hybridized carbons (Fsp3) is 0.594. The third kappa shape index (κ3) is 6.94. The maximum atomic E-state index is 13.7. The summed E-state index contributed by atoms with van der Waals surface area (Å²) in [6.45, 7) is 5.19. The first-order chi connectivity index (χ1) is 22.2. The number of urea groups is 1. The second kappa shape index (κ2) is 14.2. The lowest BCUT2D eigenvalue weighted by molar-refractivity contribution is 0.116. The average molecular weight is 690 g/mol. The van der Waals surface area contributed by atoms with Crippen molar-refractivity contribution in [3.8, 4) is 17.0 Å². The number of aryl methyl sites for hydroxylation is 2. The van der Waals surface area contributed by atoms with Crippen LogP contribution in [-0.4, -0.2) is 95.7 Å². The average Bonchev–Trinajstić information content (AvgIpc) is 3.64. The lowest BCUT2D eigenvalue weighted by atomic mass is 9.83. The van der Waals surface area contributed by atoms with Gasteiger partial charge in [0.2, 0.25) is 10.0 Å². The first-order valence-corrected chi connectivity index (χ1v) is 19.0. The fourth-order valence-corrected chi connectivity index (χ4v) is 10.3. The number of rotatable bonds is 8. The molecule has 1 aliphatic carbocycles. The molecule has 1 unspecified atom stereocenters. The smallest absolute Gasteiger partial charge is 0.323 e. The van der Waals surface area contributed by atoms with Gasteiger partial charge in [0.25, 0.3) is 0 Å². The molecule has 0 bridgehead atoms. The van der Waals surface area contributed by atoms with Gasteiger partial charge in [-0.25, -0.2) is 18.2 Å². The van der Waals surface area contributed by atoms with Crippen molar-refractivity contribution in [2.75, 3.05) is 51.7 Å². The molecule has 6 rings (SSSR count). The standard InChI is InChI=1S/C32H44ClN7O4S2/c1-22-29(30(33)37(2)36-22)46(42,43)40-14-8-7-11-25(40)20-38-15-17-39(18-16-38)32(41)35-31-34-27(21-45-31)26-19-24(12-13-28(26)44-3)23-9-5-4-6-10-23/h12-13,19,21,23,25H,4-11,14-18,20H2,1-3H3,(H,34,35,41). The van der Waals surface area contributed by atoms with Crippen LogP contribution >= 0.6 is 22.9 Å². The highest BCUT2D eigenvalue weighted by atomic mass is 35.5. The van der Waals surface area contributed by atoms with Crippen molar-refractivity contribution in [2.45, 2.75) is 75.1 Å². The number of benzene rings is 1. The van der Waals surface area contributed by atoms with Crippen LogP contribution in [0.3, 0.4) is 0 Å². The molecule has 250 valence electrons. The number of hydrogen-bond donors (Lipinski definition) is 1. The third-order valence-electron chi connectivity index (χ3n) is 9.66. The Morgan fingerprint density at radius 2 is 1.80 bits per heavy atom. The van der Waals surface area contributed by atoms with Crippen LogP contribution in [0.2, 0.25) is 5.15 Å². The summed E-state index contributed by atoms with van der Waals surface area (Å²) in [5.74, 6) is 1.35. The Bertz CT molecular complexity index is 1650. The van der Waals surface area contributed by atoms with Crippen molar-refractivity contribution in [1.82, 2.24) is 28.9 Å². The Labute approximate surface area is 280 Å². The number of piperidine rings is 1. The fourth-order valence-electron chi connectivity index (χ4n) is 7.17. The molecule has 1 saturated carbocycles. The molecule has 2 amide bonds. The Morgan fingerprint density at radius 1 is 1.07 bits per heavy atom. The molecule has 2 aromatic heterocycles. The molecule has 1 N–H and O–H groups in total. The maximum absolute atomic E-state index is 13.7. The Kier molecular flexibility index (Phi) is 10.2. The van der Waals surface area contributed by atoms with E-state index in [-0.39, 0.29) is 22.1 Å². The molecule has 1 atom stereocenters. The number of methoxy groups -OCH3 is 1. The number of amides is 2. The van der Waals surface area contributed by atoms with Crippen LogP contribution in [0.4, 0.5) is 9.93 Å². The van der Waals surface area contributed by atoms with Gasteiger partial charge in [0, 0.05) is 63.3 Å². The van der Waals surface area contributed by atoms with Gasteiger partial charge in [-0.3, -0.25) is 14.9 Å². The Balaban J connectivity index is 1.06. The number of aromatic nitrogens is 3. The molecule has 4 heterocycles. The Hall–Kier alpha value is -2.71. The van der Waals surface area contributed by atoms with Gasteiger partial charge in [0.15, 0.2) is 5.13 Å². The second-order valence-corrected chi connectivity index (χ2v) is 15.7. The topological polar surface area (TPSA) is 113 Å². The van der Waals surface area contributed by atoms with Crippen LogP contribution in [0.15, 0.2) is 28.5 Å². The minimum Gasteiger partial charge on any atom is -0.496 e. The number of nitrogens with zero attached hydrogens (tertiary/aromatic N) is 6. The van der Waals surface area contributed by atoms with Crippen molar-refractivity contribution in [2.24, 2.45) is 7.05 Å². The molecule has 3 aliphatic rings. The highest BCUT2D eigenvalue weighted by molar-refractivity contribution is 7.89. The largest absolute Gasteiger partial charge is 0.496 e. The summed E-state index contributed by atoms with van der Waals surface area (Å²) in [5, 5.41) is 9.89. The van der Waals surface area contributed by atoms with E-state index in [0.717, 1.165) is 36.3 Å².